The third-order valence-corrected chi connectivity index (χ3v) is 2.61. The Morgan fingerprint density at radius 2 is 1.85 bits per heavy atom. The van der Waals surface area contributed by atoms with Gasteiger partial charge in [-0.1, -0.05) is 0 Å². The molecular weight excluding hydrogens is 230 g/mol. The molecule has 0 bridgehead atoms. The fourth-order valence-electron chi connectivity index (χ4n) is 1.14. The van der Waals surface area contributed by atoms with Crippen molar-refractivity contribution in [2.75, 3.05) is 0 Å². The van der Waals surface area contributed by atoms with Crippen molar-refractivity contribution in [2.45, 2.75) is 5.82 Å². The zero-order chi connectivity index (χ0) is 9.10. The van der Waals surface area contributed by atoms with Crippen LogP contribution >= 0.6 is 0 Å². The Bertz CT molecular complexity index is 302. The van der Waals surface area contributed by atoms with Crippen LogP contribution in [0.3, 0.4) is 0 Å². The molecule has 0 amide bonds. The molecular formula is C9H9BO2Se. The van der Waals surface area contributed by atoms with Crippen molar-refractivity contribution in [3.05, 3.63) is 35.2 Å². The molecule has 0 saturated carbocycles. The molecule has 1 aromatic carbocycles. The van der Waals surface area contributed by atoms with Crippen LogP contribution in [0.2, 0.25) is 5.82 Å². The van der Waals surface area contributed by atoms with Crippen LogP contribution in [0.15, 0.2) is 35.2 Å². The van der Waals surface area contributed by atoms with Gasteiger partial charge in [0.25, 0.3) is 0 Å². The van der Waals surface area contributed by atoms with E-state index in [9.17, 15) is 0 Å². The van der Waals surface area contributed by atoms with Crippen LogP contribution in [-0.2, 0) is 0 Å². The maximum absolute atomic E-state index is 5.51. The van der Waals surface area contributed by atoms with Crippen molar-refractivity contribution in [1.82, 2.24) is 0 Å². The normalized spacial score (nSPS) is 14.1. The molecule has 0 unspecified atom stereocenters. The third kappa shape index (κ3) is 1.90. The van der Waals surface area contributed by atoms with E-state index in [1.54, 1.807) is 0 Å². The summed E-state index contributed by atoms with van der Waals surface area (Å²) in [6.45, 7) is 0. The van der Waals surface area contributed by atoms with Crippen LogP contribution in [0.4, 0.5) is 0 Å². The summed E-state index contributed by atoms with van der Waals surface area (Å²) >= 11 is 0.529. The fraction of sp³-hybridized carbons (Fsp3) is 0.111. The molecule has 2 rings (SSSR count). The minimum atomic E-state index is -0.223. The molecule has 2 nitrogen and oxygen atoms in total. The van der Waals surface area contributed by atoms with Crippen LogP contribution in [0.1, 0.15) is 0 Å². The van der Waals surface area contributed by atoms with Gasteiger partial charge >= 0.3 is 83.9 Å². The van der Waals surface area contributed by atoms with Crippen molar-refractivity contribution in [2.24, 2.45) is 0 Å². The molecule has 0 fully saturated rings. The molecule has 13 heavy (non-hydrogen) atoms. The molecule has 1 aromatic rings. The summed E-state index contributed by atoms with van der Waals surface area (Å²) in [5, 5.41) is 0. The average molecular weight is 239 g/mol. The summed E-state index contributed by atoms with van der Waals surface area (Å²) in [6, 6.07) is 7.72. The molecule has 0 N–H and O–H groups in total. The Morgan fingerprint density at radius 3 is 2.38 bits per heavy atom. The van der Waals surface area contributed by atoms with E-state index in [0.29, 0.717) is 15.0 Å². The first-order chi connectivity index (χ1) is 6.40. The molecule has 0 atom stereocenters. The second-order valence-electron chi connectivity index (χ2n) is 2.62. The number of benzene rings is 1. The number of rotatable bonds is 2. The molecule has 0 aromatic heterocycles. The standard InChI is InChI=1S/C9H9BO2Se/c1-13-7-6-10-11-8-4-2-3-5-9(8)12-10/h2-7H,1H3/b7-6+. The van der Waals surface area contributed by atoms with Crippen molar-refractivity contribution in [1.29, 1.82) is 0 Å². The topological polar surface area (TPSA) is 18.5 Å². The van der Waals surface area contributed by atoms with Gasteiger partial charge in [0.2, 0.25) is 0 Å². The molecule has 0 aliphatic carbocycles. The predicted octanol–water partition coefficient (Wildman–Crippen LogP) is 1.75. The van der Waals surface area contributed by atoms with E-state index in [4.69, 9.17) is 9.31 Å². The van der Waals surface area contributed by atoms with Crippen molar-refractivity contribution in [3.8, 4) is 11.5 Å². The van der Waals surface area contributed by atoms with Gasteiger partial charge in [-0.15, -0.1) is 0 Å². The van der Waals surface area contributed by atoms with Gasteiger partial charge in [0.05, 0.1) is 0 Å². The number of hydrogen-bond donors (Lipinski definition) is 0. The Labute approximate surface area is 84.2 Å². The number of hydrogen-bond acceptors (Lipinski definition) is 2. The Balaban J connectivity index is 2.09. The first kappa shape index (κ1) is 8.73. The van der Waals surface area contributed by atoms with Gasteiger partial charge in [0.1, 0.15) is 0 Å². The second kappa shape index (κ2) is 3.90. The van der Waals surface area contributed by atoms with Crippen molar-refractivity contribution in [3.63, 3.8) is 0 Å². The van der Waals surface area contributed by atoms with Crippen LogP contribution in [-0.4, -0.2) is 22.1 Å². The minimum absolute atomic E-state index is 0.223. The monoisotopic (exact) mass is 240 g/mol. The summed E-state index contributed by atoms with van der Waals surface area (Å²) < 4.78 is 11.0. The van der Waals surface area contributed by atoms with E-state index in [1.807, 2.05) is 30.2 Å². The van der Waals surface area contributed by atoms with Crippen LogP contribution < -0.4 is 9.31 Å². The van der Waals surface area contributed by atoms with E-state index in [-0.39, 0.29) is 7.12 Å². The van der Waals surface area contributed by atoms with Crippen LogP contribution in [0.5, 0.6) is 11.5 Å². The SMILES string of the molecule is C[Se]/C=C/B1Oc2ccccc2O1. The summed E-state index contributed by atoms with van der Waals surface area (Å²) in [4.78, 5) is 2.10. The molecule has 0 saturated heterocycles. The maximum atomic E-state index is 5.51. The first-order valence-electron chi connectivity index (χ1n) is 4.02. The van der Waals surface area contributed by atoms with E-state index in [2.05, 4.69) is 10.8 Å². The molecule has 1 aliphatic heterocycles. The average Bonchev–Trinajstić information content (AvgIpc) is 2.57. The zero-order valence-electron chi connectivity index (χ0n) is 7.27. The van der Waals surface area contributed by atoms with Gasteiger partial charge in [-0.25, -0.2) is 0 Å². The quantitative estimate of drug-likeness (QED) is 0.732. The summed E-state index contributed by atoms with van der Waals surface area (Å²) in [7, 11) is -0.223. The van der Waals surface area contributed by atoms with Crippen LogP contribution in [0, 0.1) is 0 Å². The van der Waals surface area contributed by atoms with E-state index in [1.165, 1.54) is 0 Å². The summed E-state index contributed by atoms with van der Waals surface area (Å²) in [5.41, 5.74) is 0. The van der Waals surface area contributed by atoms with Gasteiger partial charge in [0.15, 0.2) is 0 Å². The number of para-hydroxylation sites is 2. The van der Waals surface area contributed by atoms with Crippen molar-refractivity contribution < 1.29 is 9.31 Å². The van der Waals surface area contributed by atoms with E-state index < -0.39 is 0 Å². The van der Waals surface area contributed by atoms with Crippen molar-refractivity contribution >= 4 is 22.1 Å². The Hall–Kier alpha value is -0.856. The Morgan fingerprint density at radius 1 is 1.23 bits per heavy atom. The molecule has 4 heteroatoms. The molecule has 1 aliphatic rings. The molecule has 66 valence electrons. The molecule has 0 spiro atoms. The zero-order valence-corrected chi connectivity index (χ0v) is 8.98. The summed E-state index contributed by atoms with van der Waals surface area (Å²) in [6.07, 6.45) is 0. The van der Waals surface area contributed by atoms with Gasteiger partial charge in [-0.2, -0.15) is 0 Å². The van der Waals surface area contributed by atoms with E-state index in [0.717, 1.165) is 11.5 Å². The van der Waals surface area contributed by atoms with Gasteiger partial charge < -0.3 is 0 Å². The summed E-state index contributed by atoms with van der Waals surface area (Å²) in [5.74, 6) is 5.77. The Kier molecular flexibility index (Phi) is 2.62. The van der Waals surface area contributed by atoms with Crippen LogP contribution in [0.25, 0.3) is 0 Å². The van der Waals surface area contributed by atoms with Gasteiger partial charge in [-0.05, 0) is 0 Å². The van der Waals surface area contributed by atoms with Gasteiger partial charge in [0, 0.05) is 0 Å². The predicted molar refractivity (Wildman–Crippen MR) is 54.2 cm³/mol. The number of fused-ring (bicyclic) bond motifs is 1. The van der Waals surface area contributed by atoms with Gasteiger partial charge in [-0.3, -0.25) is 0 Å². The first-order valence-corrected chi connectivity index (χ1v) is 6.72. The van der Waals surface area contributed by atoms with E-state index >= 15 is 0 Å². The molecule has 0 radical (unpaired) electrons. The molecule has 1 heterocycles. The third-order valence-electron chi connectivity index (χ3n) is 1.71. The fourth-order valence-corrected chi connectivity index (χ4v) is 1.74. The second-order valence-corrected chi connectivity index (χ2v) is 4.18.